The monoisotopic (exact) mass is 150 g/mol. The summed E-state index contributed by atoms with van der Waals surface area (Å²) >= 11 is 0. The summed E-state index contributed by atoms with van der Waals surface area (Å²) in [5, 5.41) is 3.96. The molecule has 3 nitrogen and oxygen atoms in total. The smallest absolute Gasteiger partial charge is 0.170 e. The van der Waals surface area contributed by atoms with Crippen LogP contribution in [-0.4, -0.2) is 16.1 Å². The van der Waals surface area contributed by atoms with Gasteiger partial charge in [-0.25, -0.2) is 0 Å². The summed E-state index contributed by atoms with van der Waals surface area (Å²) in [6, 6.07) is 1.68. The number of aromatic nitrogens is 2. The van der Waals surface area contributed by atoms with Crippen LogP contribution < -0.4 is 0 Å². The van der Waals surface area contributed by atoms with E-state index in [9.17, 15) is 4.79 Å². The average Bonchev–Trinajstić information content (AvgIpc) is 2.34. The number of rotatable bonds is 3. The molecule has 0 aliphatic heterocycles. The molecule has 0 radical (unpaired) electrons. The molecule has 0 aliphatic rings. The van der Waals surface area contributed by atoms with E-state index in [-0.39, 0.29) is 0 Å². The molecule has 0 bridgehead atoms. The van der Waals surface area contributed by atoms with Gasteiger partial charge in [0.05, 0.1) is 6.54 Å². The molecule has 0 aliphatic carbocycles. The first-order valence-corrected chi connectivity index (χ1v) is 3.35. The number of hydrogen-bond acceptors (Lipinski definition) is 2. The van der Waals surface area contributed by atoms with E-state index in [1.165, 1.54) is 0 Å². The SMILES string of the molecule is C=C(C)Cn1ccc(C=O)n1. The molecule has 0 spiro atoms. The van der Waals surface area contributed by atoms with Gasteiger partial charge in [-0.2, -0.15) is 5.10 Å². The summed E-state index contributed by atoms with van der Waals surface area (Å²) in [7, 11) is 0. The molecule has 58 valence electrons. The normalized spacial score (nSPS) is 9.55. The second-order valence-corrected chi connectivity index (χ2v) is 2.51. The second kappa shape index (κ2) is 3.14. The Morgan fingerprint density at radius 2 is 2.64 bits per heavy atom. The Balaban J connectivity index is 2.72. The number of carbonyl (C=O) groups is 1. The molecule has 1 heterocycles. The van der Waals surface area contributed by atoms with Crippen molar-refractivity contribution in [1.29, 1.82) is 0 Å². The van der Waals surface area contributed by atoms with Crippen LogP contribution in [0.2, 0.25) is 0 Å². The maximum absolute atomic E-state index is 10.2. The molecule has 0 unspecified atom stereocenters. The van der Waals surface area contributed by atoms with Gasteiger partial charge in [0.1, 0.15) is 5.69 Å². The minimum absolute atomic E-state index is 0.464. The highest BCUT2D eigenvalue weighted by Crippen LogP contribution is 1.96. The van der Waals surface area contributed by atoms with Crippen LogP contribution in [0.5, 0.6) is 0 Å². The van der Waals surface area contributed by atoms with Gasteiger partial charge in [0.15, 0.2) is 6.29 Å². The van der Waals surface area contributed by atoms with Crippen molar-refractivity contribution in [3.8, 4) is 0 Å². The van der Waals surface area contributed by atoms with Crippen LogP contribution in [-0.2, 0) is 6.54 Å². The van der Waals surface area contributed by atoms with Crippen LogP contribution in [0.15, 0.2) is 24.4 Å². The van der Waals surface area contributed by atoms with Crippen molar-refractivity contribution in [1.82, 2.24) is 9.78 Å². The largest absolute Gasteiger partial charge is 0.296 e. The highest BCUT2D eigenvalue weighted by molar-refractivity contribution is 5.71. The molecular formula is C8H10N2O. The number of hydrogen-bond donors (Lipinski definition) is 0. The van der Waals surface area contributed by atoms with Crippen molar-refractivity contribution in [2.24, 2.45) is 0 Å². The van der Waals surface area contributed by atoms with E-state index >= 15 is 0 Å². The Morgan fingerprint density at radius 3 is 3.09 bits per heavy atom. The first-order valence-electron chi connectivity index (χ1n) is 3.35. The average molecular weight is 150 g/mol. The minimum Gasteiger partial charge on any atom is -0.296 e. The van der Waals surface area contributed by atoms with Crippen molar-refractivity contribution < 1.29 is 4.79 Å². The quantitative estimate of drug-likeness (QED) is 0.480. The third kappa shape index (κ3) is 2.04. The van der Waals surface area contributed by atoms with Crippen LogP contribution in [0.25, 0.3) is 0 Å². The molecule has 0 fully saturated rings. The maximum atomic E-state index is 10.2. The molecule has 3 heteroatoms. The summed E-state index contributed by atoms with van der Waals surface area (Å²) < 4.78 is 1.69. The molecule has 0 amide bonds. The van der Waals surface area contributed by atoms with E-state index < -0.39 is 0 Å². The summed E-state index contributed by atoms with van der Waals surface area (Å²) in [4.78, 5) is 10.2. The van der Waals surface area contributed by atoms with Gasteiger partial charge in [0, 0.05) is 6.20 Å². The highest BCUT2D eigenvalue weighted by Gasteiger charge is 1.95. The number of allylic oxidation sites excluding steroid dienone is 1. The predicted octanol–water partition coefficient (Wildman–Crippen LogP) is 1.27. The van der Waals surface area contributed by atoms with E-state index in [4.69, 9.17) is 0 Å². The van der Waals surface area contributed by atoms with E-state index in [1.54, 1.807) is 16.9 Å². The molecule has 0 aromatic carbocycles. The van der Waals surface area contributed by atoms with Crippen LogP contribution in [0.4, 0.5) is 0 Å². The number of nitrogens with zero attached hydrogens (tertiary/aromatic N) is 2. The van der Waals surface area contributed by atoms with Gasteiger partial charge in [0.2, 0.25) is 0 Å². The fourth-order valence-corrected chi connectivity index (χ4v) is 0.805. The van der Waals surface area contributed by atoms with Gasteiger partial charge in [-0.1, -0.05) is 12.2 Å². The van der Waals surface area contributed by atoms with Gasteiger partial charge >= 0.3 is 0 Å². The van der Waals surface area contributed by atoms with Crippen molar-refractivity contribution in [3.63, 3.8) is 0 Å². The van der Waals surface area contributed by atoms with Gasteiger partial charge in [0.25, 0.3) is 0 Å². The van der Waals surface area contributed by atoms with Gasteiger partial charge in [-0.05, 0) is 13.0 Å². The molecule has 0 atom stereocenters. The lowest BCUT2D eigenvalue weighted by molar-refractivity contribution is 0.111. The number of aldehydes is 1. The lowest BCUT2D eigenvalue weighted by atomic mass is 10.4. The first kappa shape index (κ1) is 7.72. The van der Waals surface area contributed by atoms with Gasteiger partial charge in [-0.3, -0.25) is 9.48 Å². The first-order chi connectivity index (χ1) is 5.22. The predicted molar refractivity (Wildman–Crippen MR) is 42.4 cm³/mol. The topological polar surface area (TPSA) is 34.9 Å². The van der Waals surface area contributed by atoms with E-state index in [1.807, 2.05) is 6.92 Å². The zero-order valence-corrected chi connectivity index (χ0v) is 6.45. The summed E-state index contributed by atoms with van der Waals surface area (Å²) in [6.45, 7) is 6.33. The Hall–Kier alpha value is -1.38. The van der Waals surface area contributed by atoms with E-state index in [0.29, 0.717) is 12.2 Å². The molecule has 1 aromatic rings. The van der Waals surface area contributed by atoms with Crippen LogP contribution >= 0.6 is 0 Å². The fourth-order valence-electron chi connectivity index (χ4n) is 0.805. The highest BCUT2D eigenvalue weighted by atomic mass is 16.1. The molecule has 0 saturated carbocycles. The molecule has 11 heavy (non-hydrogen) atoms. The Kier molecular flexibility index (Phi) is 2.21. The van der Waals surface area contributed by atoms with Crippen LogP contribution in [0.1, 0.15) is 17.4 Å². The molecular weight excluding hydrogens is 140 g/mol. The van der Waals surface area contributed by atoms with E-state index in [0.717, 1.165) is 11.9 Å². The van der Waals surface area contributed by atoms with Crippen molar-refractivity contribution >= 4 is 6.29 Å². The van der Waals surface area contributed by atoms with Crippen molar-refractivity contribution in [3.05, 3.63) is 30.1 Å². The van der Waals surface area contributed by atoms with Gasteiger partial charge < -0.3 is 0 Å². The maximum Gasteiger partial charge on any atom is 0.170 e. The lowest BCUT2D eigenvalue weighted by Gasteiger charge is -1.97. The van der Waals surface area contributed by atoms with Crippen LogP contribution in [0, 0.1) is 0 Å². The third-order valence-electron chi connectivity index (χ3n) is 1.21. The Labute approximate surface area is 65.3 Å². The molecule has 1 rings (SSSR count). The standard InChI is InChI=1S/C8H10N2O/c1-7(2)5-10-4-3-8(6-11)9-10/h3-4,6H,1,5H2,2H3. The Bertz CT molecular complexity index is 275. The fraction of sp³-hybridized carbons (Fsp3) is 0.250. The second-order valence-electron chi connectivity index (χ2n) is 2.51. The zero-order valence-electron chi connectivity index (χ0n) is 6.45. The van der Waals surface area contributed by atoms with E-state index in [2.05, 4.69) is 11.7 Å². The third-order valence-corrected chi connectivity index (χ3v) is 1.21. The summed E-state index contributed by atoms with van der Waals surface area (Å²) in [5.41, 5.74) is 1.48. The lowest BCUT2D eigenvalue weighted by Crippen LogP contribution is -1.99. The van der Waals surface area contributed by atoms with Gasteiger partial charge in [-0.15, -0.1) is 0 Å². The Morgan fingerprint density at radius 1 is 1.91 bits per heavy atom. The summed E-state index contributed by atoms with van der Waals surface area (Å²) in [6.07, 6.45) is 2.49. The number of carbonyl (C=O) groups excluding carboxylic acids is 1. The van der Waals surface area contributed by atoms with Crippen LogP contribution in [0.3, 0.4) is 0 Å². The van der Waals surface area contributed by atoms with Crippen molar-refractivity contribution in [2.45, 2.75) is 13.5 Å². The molecule has 0 N–H and O–H groups in total. The van der Waals surface area contributed by atoms with Crippen molar-refractivity contribution in [2.75, 3.05) is 0 Å². The summed E-state index contributed by atoms with van der Waals surface area (Å²) in [5.74, 6) is 0. The molecule has 0 saturated heterocycles. The molecule has 1 aromatic heterocycles. The minimum atomic E-state index is 0.464. The zero-order chi connectivity index (χ0) is 8.27.